The summed E-state index contributed by atoms with van der Waals surface area (Å²) in [4.78, 5) is 31.7. The van der Waals surface area contributed by atoms with Gasteiger partial charge in [-0.05, 0) is 24.6 Å². The third kappa shape index (κ3) is 3.80. The molecule has 3 aromatic rings. The Hall–Kier alpha value is -3.93. The topological polar surface area (TPSA) is 79.7 Å². The molecule has 31 heavy (non-hydrogen) atoms. The van der Waals surface area contributed by atoms with Crippen molar-refractivity contribution >= 4 is 17.4 Å². The molecular weight excluding hydrogens is 392 g/mol. The molecule has 0 saturated carbocycles. The first-order valence-electron chi connectivity index (χ1n) is 9.88. The van der Waals surface area contributed by atoms with Crippen LogP contribution in [0.3, 0.4) is 0 Å². The van der Waals surface area contributed by atoms with Crippen LogP contribution in [0.25, 0.3) is 5.76 Å². The molecule has 1 atom stereocenters. The second-order valence-corrected chi connectivity index (χ2v) is 7.39. The summed E-state index contributed by atoms with van der Waals surface area (Å²) < 4.78 is 5.42. The molecule has 6 nitrogen and oxygen atoms in total. The van der Waals surface area contributed by atoms with Crippen molar-refractivity contribution in [3.05, 3.63) is 101 Å². The summed E-state index contributed by atoms with van der Waals surface area (Å²) in [6, 6.07) is 17.3. The number of hydrogen-bond acceptors (Lipinski definition) is 5. The number of benzene rings is 2. The van der Waals surface area contributed by atoms with Gasteiger partial charge in [-0.25, -0.2) is 0 Å². The van der Waals surface area contributed by atoms with E-state index in [1.165, 1.54) is 4.90 Å². The Bertz CT molecular complexity index is 1150. The number of methoxy groups -OCH3 is 1. The number of amides is 1. The summed E-state index contributed by atoms with van der Waals surface area (Å²) in [6.45, 7) is 2.09. The van der Waals surface area contributed by atoms with Crippen LogP contribution in [0.5, 0.6) is 5.75 Å². The van der Waals surface area contributed by atoms with Crippen molar-refractivity contribution in [3.63, 3.8) is 0 Å². The maximum atomic E-state index is 13.1. The summed E-state index contributed by atoms with van der Waals surface area (Å²) in [5, 5.41) is 11.1. The molecule has 2 heterocycles. The Labute approximate surface area is 180 Å². The van der Waals surface area contributed by atoms with Gasteiger partial charge in [-0.1, -0.05) is 54.1 Å². The molecule has 1 amide bonds. The van der Waals surface area contributed by atoms with Crippen molar-refractivity contribution in [2.24, 2.45) is 0 Å². The molecule has 0 radical (unpaired) electrons. The number of rotatable bonds is 5. The molecular formula is C25H22N2O4. The Balaban J connectivity index is 1.85. The van der Waals surface area contributed by atoms with Crippen molar-refractivity contribution in [2.75, 3.05) is 7.11 Å². The van der Waals surface area contributed by atoms with Crippen LogP contribution in [0.15, 0.2) is 78.6 Å². The highest BCUT2D eigenvalue weighted by Crippen LogP contribution is 2.40. The fourth-order valence-electron chi connectivity index (χ4n) is 3.81. The highest BCUT2D eigenvalue weighted by atomic mass is 16.5. The fourth-order valence-corrected chi connectivity index (χ4v) is 3.81. The number of ether oxygens (including phenoxy) is 1. The molecule has 156 valence electrons. The number of Topliss-reactive ketones (excluding diaryl/α,β-unsaturated/α-hetero) is 1. The van der Waals surface area contributed by atoms with Crippen LogP contribution in [0.2, 0.25) is 0 Å². The second kappa shape index (κ2) is 8.44. The van der Waals surface area contributed by atoms with E-state index < -0.39 is 17.7 Å². The lowest BCUT2D eigenvalue weighted by Crippen LogP contribution is -2.29. The number of aliphatic hydroxyl groups excluding tert-OH is 1. The quantitative estimate of drug-likeness (QED) is 0.388. The zero-order valence-electron chi connectivity index (χ0n) is 17.3. The number of nitrogens with zero attached hydrogens (tertiary/aromatic N) is 2. The molecule has 1 N–H and O–H groups in total. The molecule has 4 rings (SSSR count). The van der Waals surface area contributed by atoms with Gasteiger partial charge in [-0.15, -0.1) is 0 Å². The minimum absolute atomic E-state index is 0.0525. The van der Waals surface area contributed by atoms with Gasteiger partial charge < -0.3 is 14.7 Å². The van der Waals surface area contributed by atoms with Gasteiger partial charge in [0.05, 0.1) is 25.3 Å². The lowest BCUT2D eigenvalue weighted by atomic mass is 9.96. The summed E-state index contributed by atoms with van der Waals surface area (Å²) in [5.74, 6) is -0.974. The van der Waals surface area contributed by atoms with E-state index in [-0.39, 0.29) is 17.9 Å². The smallest absolute Gasteiger partial charge is 0.295 e. The van der Waals surface area contributed by atoms with Crippen molar-refractivity contribution in [1.82, 2.24) is 9.88 Å². The van der Waals surface area contributed by atoms with Crippen LogP contribution in [-0.4, -0.2) is 33.8 Å². The number of carbonyl (C=O) groups excluding carboxylic acids is 2. The van der Waals surface area contributed by atoms with E-state index in [0.29, 0.717) is 16.9 Å². The second-order valence-electron chi connectivity index (χ2n) is 7.39. The van der Waals surface area contributed by atoms with E-state index in [1.807, 2.05) is 37.3 Å². The minimum Gasteiger partial charge on any atom is -0.507 e. The van der Waals surface area contributed by atoms with Crippen LogP contribution < -0.4 is 4.74 Å². The van der Waals surface area contributed by atoms with Gasteiger partial charge in [0.2, 0.25) is 0 Å². The predicted molar refractivity (Wildman–Crippen MR) is 116 cm³/mol. The number of likely N-dealkylation sites (tertiary alicyclic amines) is 1. The first-order chi connectivity index (χ1) is 15.0. The Kier molecular flexibility index (Phi) is 5.54. The predicted octanol–water partition coefficient (Wildman–Crippen LogP) is 4.02. The Morgan fingerprint density at radius 2 is 1.81 bits per heavy atom. The van der Waals surface area contributed by atoms with E-state index in [4.69, 9.17) is 4.74 Å². The largest absolute Gasteiger partial charge is 0.507 e. The van der Waals surface area contributed by atoms with Gasteiger partial charge in [0.1, 0.15) is 11.5 Å². The van der Waals surface area contributed by atoms with E-state index in [2.05, 4.69) is 4.98 Å². The van der Waals surface area contributed by atoms with Crippen molar-refractivity contribution in [3.8, 4) is 5.75 Å². The fraction of sp³-hybridized carbons (Fsp3) is 0.160. The Morgan fingerprint density at radius 3 is 2.48 bits per heavy atom. The monoisotopic (exact) mass is 414 g/mol. The molecule has 0 bridgehead atoms. The van der Waals surface area contributed by atoms with Gasteiger partial charge in [0, 0.05) is 23.5 Å². The molecule has 1 aliphatic rings. The number of aliphatic hydroxyl groups is 1. The number of ketones is 1. The Morgan fingerprint density at radius 1 is 1.06 bits per heavy atom. The standard InChI is InChI=1S/C25H22N2O4/c1-16-9-11-17(12-10-16)23(28)21-22(18-7-5-13-26-14-18)27(25(30)24(21)29)15-19-6-3-4-8-20(19)31-2/h3-14,22,28H,15H2,1-2H3/b23-21+. The molecule has 0 aliphatic carbocycles. The molecule has 0 spiro atoms. The van der Waals surface area contributed by atoms with E-state index in [1.54, 1.807) is 49.8 Å². The van der Waals surface area contributed by atoms with Crippen molar-refractivity contribution < 1.29 is 19.4 Å². The summed E-state index contributed by atoms with van der Waals surface area (Å²) in [7, 11) is 1.56. The first kappa shape index (κ1) is 20.3. The molecule has 2 aromatic carbocycles. The van der Waals surface area contributed by atoms with Gasteiger partial charge in [0.25, 0.3) is 11.7 Å². The van der Waals surface area contributed by atoms with Gasteiger partial charge in [-0.2, -0.15) is 0 Å². The van der Waals surface area contributed by atoms with Gasteiger partial charge >= 0.3 is 0 Å². The van der Waals surface area contributed by atoms with Crippen LogP contribution in [-0.2, 0) is 16.1 Å². The van der Waals surface area contributed by atoms with Crippen LogP contribution in [0.4, 0.5) is 0 Å². The maximum Gasteiger partial charge on any atom is 0.295 e. The molecule has 1 fully saturated rings. The molecule has 1 unspecified atom stereocenters. The molecule has 1 saturated heterocycles. The summed E-state index contributed by atoms with van der Waals surface area (Å²) in [5.41, 5.74) is 2.96. The first-order valence-corrected chi connectivity index (χ1v) is 9.88. The maximum absolute atomic E-state index is 13.1. The third-order valence-corrected chi connectivity index (χ3v) is 5.40. The number of aryl methyl sites for hydroxylation is 1. The van der Waals surface area contributed by atoms with E-state index in [9.17, 15) is 14.7 Å². The van der Waals surface area contributed by atoms with Gasteiger partial charge in [-0.3, -0.25) is 14.6 Å². The lowest BCUT2D eigenvalue weighted by Gasteiger charge is -2.25. The van der Waals surface area contributed by atoms with Crippen molar-refractivity contribution in [1.29, 1.82) is 0 Å². The highest BCUT2D eigenvalue weighted by molar-refractivity contribution is 6.46. The number of para-hydroxylation sites is 1. The zero-order valence-corrected chi connectivity index (χ0v) is 17.3. The normalized spacial score (nSPS) is 17.7. The molecule has 6 heteroatoms. The van der Waals surface area contributed by atoms with Crippen LogP contribution >= 0.6 is 0 Å². The van der Waals surface area contributed by atoms with E-state index >= 15 is 0 Å². The van der Waals surface area contributed by atoms with E-state index in [0.717, 1.165) is 11.1 Å². The SMILES string of the molecule is COc1ccccc1CN1C(=O)C(=O)/C(=C(/O)c2ccc(C)cc2)C1c1cccnc1. The number of pyridine rings is 1. The highest BCUT2D eigenvalue weighted by Gasteiger charge is 2.46. The van der Waals surface area contributed by atoms with Crippen LogP contribution in [0.1, 0.15) is 28.3 Å². The number of aromatic nitrogens is 1. The van der Waals surface area contributed by atoms with Gasteiger partial charge in [0.15, 0.2) is 0 Å². The average molecular weight is 414 g/mol. The van der Waals surface area contributed by atoms with Crippen LogP contribution in [0, 0.1) is 6.92 Å². The van der Waals surface area contributed by atoms with Crippen molar-refractivity contribution in [2.45, 2.75) is 19.5 Å². The third-order valence-electron chi connectivity index (χ3n) is 5.40. The zero-order chi connectivity index (χ0) is 22.0. The lowest BCUT2D eigenvalue weighted by molar-refractivity contribution is -0.140. The minimum atomic E-state index is -0.764. The average Bonchev–Trinajstić information content (AvgIpc) is 3.05. The molecule has 1 aromatic heterocycles. The molecule has 1 aliphatic heterocycles. The number of carbonyl (C=O) groups is 2. The number of hydrogen-bond donors (Lipinski definition) is 1. The summed E-state index contributed by atoms with van der Waals surface area (Å²) >= 11 is 0. The summed E-state index contributed by atoms with van der Waals surface area (Å²) in [6.07, 6.45) is 3.23.